The third-order valence-corrected chi connectivity index (χ3v) is 5.84. The first-order valence-electron chi connectivity index (χ1n) is 12.4. The van der Waals surface area contributed by atoms with Gasteiger partial charge in [-0.3, -0.25) is 4.79 Å². The van der Waals surface area contributed by atoms with Crippen LogP contribution in [-0.4, -0.2) is 70.0 Å². The number of carbonyl (C=O) groups is 1. The van der Waals surface area contributed by atoms with Gasteiger partial charge in [0.2, 0.25) is 0 Å². The summed E-state index contributed by atoms with van der Waals surface area (Å²) in [6.45, 7) is 7.26. The van der Waals surface area contributed by atoms with Gasteiger partial charge in [0.1, 0.15) is 12.4 Å². The quantitative estimate of drug-likeness (QED) is 0.260. The van der Waals surface area contributed by atoms with Crippen LogP contribution in [-0.2, 0) is 0 Å². The molecule has 0 saturated heterocycles. The monoisotopic (exact) mass is 485 g/mol. The predicted molar refractivity (Wildman–Crippen MR) is 152 cm³/mol. The van der Waals surface area contributed by atoms with Gasteiger partial charge in [-0.1, -0.05) is 47.5 Å². The summed E-state index contributed by atoms with van der Waals surface area (Å²) in [5.74, 6) is 0.727. The minimum atomic E-state index is -0.0426. The Balaban J connectivity index is 1.89. The molecule has 0 aliphatic carbocycles. The van der Waals surface area contributed by atoms with Crippen molar-refractivity contribution < 1.29 is 9.53 Å². The van der Waals surface area contributed by atoms with E-state index >= 15 is 0 Å². The average molecular weight is 486 g/mol. The van der Waals surface area contributed by atoms with E-state index in [9.17, 15) is 4.79 Å². The van der Waals surface area contributed by atoms with Gasteiger partial charge in [0.15, 0.2) is 5.78 Å². The molecule has 5 nitrogen and oxygen atoms in total. The number of hydrogen-bond acceptors (Lipinski definition) is 5. The SMILES string of the molecule is Cc1cc(C)cc(-c2ccc(OCCN(C)C)c(/C=C/C(=O)c3ccccc3NCCN(C)C)c2)c1. The Morgan fingerprint density at radius 3 is 2.25 bits per heavy atom. The minimum Gasteiger partial charge on any atom is -0.492 e. The summed E-state index contributed by atoms with van der Waals surface area (Å²) in [4.78, 5) is 17.4. The van der Waals surface area contributed by atoms with E-state index in [1.807, 2.05) is 64.6 Å². The zero-order chi connectivity index (χ0) is 26.1. The van der Waals surface area contributed by atoms with Crippen molar-refractivity contribution in [2.24, 2.45) is 0 Å². The van der Waals surface area contributed by atoms with Crippen LogP contribution in [0, 0.1) is 13.8 Å². The van der Waals surface area contributed by atoms with Crippen molar-refractivity contribution in [2.45, 2.75) is 13.8 Å². The molecule has 3 aromatic rings. The highest BCUT2D eigenvalue weighted by Gasteiger charge is 2.10. The van der Waals surface area contributed by atoms with E-state index in [1.165, 1.54) is 11.1 Å². The number of ether oxygens (including phenoxy) is 1. The van der Waals surface area contributed by atoms with Gasteiger partial charge in [0.25, 0.3) is 0 Å². The molecule has 0 aliphatic rings. The average Bonchev–Trinajstić information content (AvgIpc) is 2.82. The van der Waals surface area contributed by atoms with Crippen molar-refractivity contribution in [3.05, 3.63) is 89.0 Å². The molecular weight excluding hydrogens is 446 g/mol. The second-order valence-electron chi connectivity index (χ2n) is 9.75. The molecule has 1 N–H and O–H groups in total. The number of rotatable bonds is 12. The van der Waals surface area contributed by atoms with Gasteiger partial charge in [-0.05, 0) is 89.6 Å². The van der Waals surface area contributed by atoms with Crippen molar-refractivity contribution in [1.82, 2.24) is 9.80 Å². The van der Waals surface area contributed by atoms with Gasteiger partial charge < -0.3 is 19.9 Å². The molecule has 0 amide bonds. The molecule has 190 valence electrons. The van der Waals surface area contributed by atoms with Gasteiger partial charge in [0, 0.05) is 36.4 Å². The summed E-state index contributed by atoms with van der Waals surface area (Å²) in [5, 5.41) is 3.39. The fourth-order valence-electron chi connectivity index (χ4n) is 3.99. The molecule has 0 aliphatic heterocycles. The Morgan fingerprint density at radius 1 is 0.861 bits per heavy atom. The highest BCUT2D eigenvalue weighted by molar-refractivity contribution is 6.10. The number of aryl methyl sites for hydroxylation is 2. The van der Waals surface area contributed by atoms with Crippen molar-refractivity contribution in [2.75, 3.05) is 59.7 Å². The highest BCUT2D eigenvalue weighted by atomic mass is 16.5. The van der Waals surface area contributed by atoms with Crippen molar-refractivity contribution >= 4 is 17.5 Å². The number of ketones is 1. The van der Waals surface area contributed by atoms with Crippen LogP contribution in [0.1, 0.15) is 27.0 Å². The van der Waals surface area contributed by atoms with Crippen LogP contribution >= 0.6 is 0 Å². The molecule has 36 heavy (non-hydrogen) atoms. The first-order chi connectivity index (χ1) is 17.2. The van der Waals surface area contributed by atoms with Gasteiger partial charge in [-0.15, -0.1) is 0 Å². The van der Waals surface area contributed by atoms with Crippen LogP contribution in [0.25, 0.3) is 17.2 Å². The Kier molecular flexibility index (Phi) is 9.86. The van der Waals surface area contributed by atoms with Crippen molar-refractivity contribution in [1.29, 1.82) is 0 Å². The van der Waals surface area contributed by atoms with Gasteiger partial charge in [0.05, 0.1) is 0 Å². The van der Waals surface area contributed by atoms with E-state index in [2.05, 4.69) is 59.3 Å². The molecule has 0 fully saturated rings. The number of benzene rings is 3. The maximum Gasteiger partial charge on any atom is 0.187 e. The lowest BCUT2D eigenvalue weighted by Gasteiger charge is -2.15. The predicted octanol–water partition coefficient (Wildman–Crippen LogP) is 5.78. The second-order valence-corrected chi connectivity index (χ2v) is 9.75. The Bertz CT molecular complexity index is 1180. The third kappa shape index (κ3) is 8.08. The number of anilines is 1. The number of allylic oxidation sites excluding steroid dienone is 1. The first kappa shape index (κ1) is 27.2. The van der Waals surface area contributed by atoms with E-state index < -0.39 is 0 Å². The number of nitrogens with zero attached hydrogens (tertiary/aromatic N) is 2. The molecule has 0 unspecified atom stereocenters. The topological polar surface area (TPSA) is 44.8 Å². The van der Waals surface area contributed by atoms with E-state index in [1.54, 1.807) is 6.08 Å². The molecule has 0 radical (unpaired) electrons. The first-order valence-corrected chi connectivity index (χ1v) is 12.4. The second kappa shape index (κ2) is 13.1. The standard InChI is InChI=1S/C31H39N3O2/c1-23-19-24(2)21-27(20-23)25-12-14-31(36-18-17-34(5)6)26(22-25)11-13-30(35)28-9-7-8-10-29(28)32-15-16-33(3)4/h7-14,19-22,32H,15-18H2,1-6H3/b13-11+. The molecule has 0 atom stereocenters. The van der Waals surface area contributed by atoms with Crippen LogP contribution in [0.5, 0.6) is 5.75 Å². The van der Waals surface area contributed by atoms with Crippen molar-refractivity contribution in [3.8, 4) is 16.9 Å². The molecule has 0 spiro atoms. The fraction of sp³-hybridized carbons (Fsp3) is 0.323. The van der Waals surface area contributed by atoms with Gasteiger partial charge >= 0.3 is 0 Å². The number of likely N-dealkylation sites (N-methyl/N-ethyl adjacent to an activating group) is 2. The molecule has 0 aromatic heterocycles. The number of hydrogen-bond donors (Lipinski definition) is 1. The third-order valence-electron chi connectivity index (χ3n) is 5.84. The lowest BCUT2D eigenvalue weighted by Crippen LogP contribution is -2.21. The fourth-order valence-corrected chi connectivity index (χ4v) is 3.99. The maximum absolute atomic E-state index is 13.2. The molecule has 3 aromatic carbocycles. The van der Waals surface area contributed by atoms with Crippen LogP contribution in [0.2, 0.25) is 0 Å². The Hall–Kier alpha value is -3.41. The Morgan fingerprint density at radius 2 is 1.56 bits per heavy atom. The lowest BCUT2D eigenvalue weighted by atomic mass is 9.98. The lowest BCUT2D eigenvalue weighted by molar-refractivity contribution is 0.104. The summed E-state index contributed by atoms with van der Waals surface area (Å²) < 4.78 is 6.10. The zero-order valence-electron chi connectivity index (χ0n) is 22.5. The highest BCUT2D eigenvalue weighted by Crippen LogP contribution is 2.29. The van der Waals surface area contributed by atoms with E-state index in [-0.39, 0.29) is 5.78 Å². The van der Waals surface area contributed by atoms with Gasteiger partial charge in [-0.25, -0.2) is 0 Å². The minimum absolute atomic E-state index is 0.0426. The molecule has 0 saturated carbocycles. The zero-order valence-corrected chi connectivity index (χ0v) is 22.5. The maximum atomic E-state index is 13.2. The summed E-state index contributed by atoms with van der Waals surface area (Å²) >= 11 is 0. The molecular formula is C31H39N3O2. The summed E-state index contributed by atoms with van der Waals surface area (Å²) in [6.07, 6.45) is 3.52. The summed E-state index contributed by atoms with van der Waals surface area (Å²) in [5.41, 5.74) is 7.09. The van der Waals surface area contributed by atoms with Gasteiger partial charge in [-0.2, -0.15) is 0 Å². The van der Waals surface area contributed by atoms with Crippen LogP contribution in [0.3, 0.4) is 0 Å². The number of carbonyl (C=O) groups excluding carboxylic acids is 1. The van der Waals surface area contributed by atoms with Crippen LogP contribution in [0.15, 0.2) is 66.7 Å². The normalized spacial score (nSPS) is 11.4. The van der Waals surface area contributed by atoms with Crippen LogP contribution in [0.4, 0.5) is 5.69 Å². The Labute approximate surface area is 216 Å². The molecule has 0 bridgehead atoms. The number of nitrogens with one attached hydrogen (secondary N) is 1. The van der Waals surface area contributed by atoms with E-state index in [0.29, 0.717) is 12.2 Å². The molecule has 5 heteroatoms. The molecule has 0 heterocycles. The van der Waals surface area contributed by atoms with Crippen LogP contribution < -0.4 is 10.1 Å². The van der Waals surface area contributed by atoms with Crippen molar-refractivity contribution in [3.63, 3.8) is 0 Å². The summed E-state index contributed by atoms with van der Waals surface area (Å²) in [7, 11) is 8.11. The molecule has 3 rings (SSSR count). The van der Waals surface area contributed by atoms with E-state index in [0.717, 1.165) is 47.8 Å². The number of para-hydroxylation sites is 1. The largest absolute Gasteiger partial charge is 0.492 e. The van der Waals surface area contributed by atoms with E-state index in [4.69, 9.17) is 4.74 Å². The smallest absolute Gasteiger partial charge is 0.187 e. The summed E-state index contributed by atoms with van der Waals surface area (Å²) in [6, 6.07) is 20.4.